The van der Waals surface area contributed by atoms with E-state index in [9.17, 15) is 9.59 Å². The molecule has 5 nitrogen and oxygen atoms in total. The number of nitrogens with zero attached hydrogens (tertiary/aromatic N) is 1. The summed E-state index contributed by atoms with van der Waals surface area (Å²) in [5, 5.41) is 0. The molecule has 108 valence electrons. The van der Waals surface area contributed by atoms with E-state index < -0.39 is 12.0 Å². The topological polar surface area (TPSA) is 55.8 Å². The average Bonchev–Trinajstić information content (AvgIpc) is 2.40. The van der Waals surface area contributed by atoms with Crippen LogP contribution < -0.4 is 0 Å². The minimum absolute atomic E-state index is 0.0433. The summed E-state index contributed by atoms with van der Waals surface area (Å²) < 4.78 is 10.5. The van der Waals surface area contributed by atoms with Crippen LogP contribution in [0.4, 0.5) is 0 Å². The molecule has 0 N–H and O–H groups in total. The lowest BCUT2D eigenvalue weighted by Crippen LogP contribution is -2.51. The molecule has 2 atom stereocenters. The zero-order valence-corrected chi connectivity index (χ0v) is 12.4. The van der Waals surface area contributed by atoms with Crippen LogP contribution >= 0.6 is 0 Å². The Labute approximate surface area is 114 Å². The van der Waals surface area contributed by atoms with Crippen molar-refractivity contribution in [1.29, 1.82) is 0 Å². The van der Waals surface area contributed by atoms with Gasteiger partial charge in [-0.15, -0.1) is 0 Å². The van der Waals surface area contributed by atoms with Crippen LogP contribution in [0.3, 0.4) is 0 Å². The lowest BCUT2D eigenvalue weighted by Gasteiger charge is -2.37. The zero-order valence-electron chi connectivity index (χ0n) is 12.4. The quantitative estimate of drug-likeness (QED) is 0.713. The van der Waals surface area contributed by atoms with E-state index in [0.29, 0.717) is 18.6 Å². The molecule has 0 aromatic heterocycles. The summed E-state index contributed by atoms with van der Waals surface area (Å²) in [7, 11) is 3.16. The van der Waals surface area contributed by atoms with Crippen molar-refractivity contribution in [1.82, 2.24) is 4.90 Å². The highest BCUT2D eigenvalue weighted by Crippen LogP contribution is 2.33. The lowest BCUT2D eigenvalue weighted by molar-refractivity contribution is -0.156. The van der Waals surface area contributed by atoms with Gasteiger partial charge in [0.05, 0.1) is 19.6 Å². The summed E-state index contributed by atoms with van der Waals surface area (Å²) in [5.74, 6) is -0.112. The Morgan fingerprint density at radius 3 is 2.37 bits per heavy atom. The Balaban J connectivity index is 3.28. The molecule has 1 amide bonds. The first-order valence-corrected chi connectivity index (χ1v) is 6.73. The van der Waals surface area contributed by atoms with Crippen LogP contribution in [0.15, 0.2) is 11.3 Å². The molecule has 1 heterocycles. The van der Waals surface area contributed by atoms with Gasteiger partial charge < -0.3 is 14.4 Å². The second kappa shape index (κ2) is 6.59. The second-order valence-electron chi connectivity index (χ2n) is 4.51. The fourth-order valence-corrected chi connectivity index (χ4v) is 2.62. The molecule has 1 aliphatic heterocycles. The smallest absolute Gasteiger partial charge is 0.336 e. The van der Waals surface area contributed by atoms with Gasteiger partial charge in [0, 0.05) is 7.05 Å². The molecule has 0 aliphatic carbocycles. The van der Waals surface area contributed by atoms with Gasteiger partial charge in [-0.3, -0.25) is 4.79 Å². The maximum Gasteiger partial charge on any atom is 0.336 e. The number of hydrogen-bond acceptors (Lipinski definition) is 4. The van der Waals surface area contributed by atoms with Gasteiger partial charge in [-0.05, 0) is 25.3 Å². The molecule has 0 saturated carbocycles. The number of ether oxygens (including phenoxy) is 2. The molecule has 0 radical (unpaired) electrons. The molecule has 0 aromatic rings. The summed E-state index contributed by atoms with van der Waals surface area (Å²) in [6.45, 7) is 5.96. The first-order chi connectivity index (χ1) is 9.03. The normalized spacial score (nSPS) is 23.6. The van der Waals surface area contributed by atoms with E-state index in [1.54, 1.807) is 14.0 Å². The van der Waals surface area contributed by atoms with Gasteiger partial charge in [-0.25, -0.2) is 4.79 Å². The van der Waals surface area contributed by atoms with Crippen LogP contribution in [0.25, 0.3) is 0 Å². The Morgan fingerprint density at radius 2 is 1.95 bits per heavy atom. The van der Waals surface area contributed by atoms with Gasteiger partial charge in [-0.1, -0.05) is 13.8 Å². The van der Waals surface area contributed by atoms with Gasteiger partial charge in [0.1, 0.15) is 5.76 Å². The van der Waals surface area contributed by atoms with Crippen molar-refractivity contribution in [3.63, 3.8) is 0 Å². The monoisotopic (exact) mass is 269 g/mol. The van der Waals surface area contributed by atoms with Gasteiger partial charge in [0.15, 0.2) is 6.04 Å². The molecule has 0 spiro atoms. The summed E-state index contributed by atoms with van der Waals surface area (Å²) >= 11 is 0. The molecule has 0 fully saturated rings. The Hall–Kier alpha value is -1.52. The molecule has 5 heteroatoms. The van der Waals surface area contributed by atoms with Crippen molar-refractivity contribution < 1.29 is 19.1 Å². The van der Waals surface area contributed by atoms with Crippen molar-refractivity contribution in [2.75, 3.05) is 20.8 Å². The molecular weight excluding hydrogens is 246 g/mol. The van der Waals surface area contributed by atoms with E-state index >= 15 is 0 Å². The average molecular weight is 269 g/mol. The molecule has 19 heavy (non-hydrogen) atoms. The Morgan fingerprint density at radius 1 is 1.32 bits per heavy atom. The molecule has 1 rings (SSSR count). The van der Waals surface area contributed by atoms with Crippen LogP contribution in [0.1, 0.15) is 33.6 Å². The molecule has 2 unspecified atom stereocenters. The molecule has 1 aliphatic rings. The number of carbonyl (C=O) groups is 2. The highest BCUT2D eigenvalue weighted by Gasteiger charge is 2.43. The lowest BCUT2D eigenvalue weighted by atomic mass is 9.86. The number of rotatable bonds is 5. The molecular formula is C14H23NO4. The minimum Gasteiger partial charge on any atom is -0.498 e. The minimum atomic E-state index is -0.754. The van der Waals surface area contributed by atoms with Crippen LogP contribution in [0.2, 0.25) is 0 Å². The third-order valence-electron chi connectivity index (χ3n) is 3.54. The summed E-state index contributed by atoms with van der Waals surface area (Å²) in [6.07, 6.45) is 1.39. The van der Waals surface area contributed by atoms with Gasteiger partial charge >= 0.3 is 5.97 Å². The summed E-state index contributed by atoms with van der Waals surface area (Å²) in [5.41, 5.74) is 0.908. The second-order valence-corrected chi connectivity index (χ2v) is 4.51. The number of hydrogen-bond donors (Lipinski definition) is 0. The third kappa shape index (κ3) is 2.74. The molecule has 0 aromatic carbocycles. The van der Waals surface area contributed by atoms with Gasteiger partial charge in [0.2, 0.25) is 5.91 Å². The fraction of sp³-hybridized carbons (Fsp3) is 0.714. The maximum absolute atomic E-state index is 12.3. The van der Waals surface area contributed by atoms with Crippen molar-refractivity contribution in [3.8, 4) is 0 Å². The SMILES string of the molecule is CCOC(=O)C1C(OC)=C(CC)C(CC)C(=O)N1C. The highest BCUT2D eigenvalue weighted by molar-refractivity contribution is 5.91. The standard InChI is InChI=1S/C14H23NO4/c1-6-9-10(7-2)13(16)15(4)11(12(9)18-5)14(17)19-8-3/h10-11H,6-8H2,1-5H3. The first-order valence-electron chi connectivity index (χ1n) is 6.73. The highest BCUT2D eigenvalue weighted by atomic mass is 16.5. The molecule has 0 saturated heterocycles. The van der Waals surface area contributed by atoms with Gasteiger partial charge in [0.25, 0.3) is 0 Å². The van der Waals surface area contributed by atoms with Crippen LogP contribution in [-0.2, 0) is 19.1 Å². The fourth-order valence-electron chi connectivity index (χ4n) is 2.62. The van der Waals surface area contributed by atoms with Crippen LogP contribution in [0.5, 0.6) is 0 Å². The van der Waals surface area contributed by atoms with E-state index in [4.69, 9.17) is 9.47 Å². The summed E-state index contributed by atoms with van der Waals surface area (Å²) in [6, 6.07) is -0.754. The predicted octanol–water partition coefficient (Wildman–Crippen LogP) is 1.73. The maximum atomic E-state index is 12.3. The number of carbonyl (C=O) groups excluding carboxylic acids is 2. The largest absolute Gasteiger partial charge is 0.498 e. The van der Waals surface area contributed by atoms with E-state index in [1.807, 2.05) is 13.8 Å². The number of methoxy groups -OCH3 is 1. The number of esters is 1. The number of likely N-dealkylation sites (N-methyl/N-ethyl adjacent to an activating group) is 1. The van der Waals surface area contributed by atoms with Crippen LogP contribution in [0, 0.1) is 5.92 Å². The predicted molar refractivity (Wildman–Crippen MR) is 71.3 cm³/mol. The van der Waals surface area contributed by atoms with Crippen molar-refractivity contribution in [2.45, 2.75) is 39.7 Å². The van der Waals surface area contributed by atoms with Crippen molar-refractivity contribution in [3.05, 3.63) is 11.3 Å². The van der Waals surface area contributed by atoms with E-state index in [1.165, 1.54) is 12.0 Å². The van der Waals surface area contributed by atoms with Crippen LogP contribution in [-0.4, -0.2) is 43.6 Å². The Bertz CT molecular complexity index is 389. The molecule has 0 bridgehead atoms. The van der Waals surface area contributed by atoms with E-state index in [0.717, 1.165) is 5.57 Å². The Kier molecular flexibility index (Phi) is 5.39. The first kappa shape index (κ1) is 15.5. The van der Waals surface area contributed by atoms with Crippen molar-refractivity contribution in [2.24, 2.45) is 5.92 Å². The number of amides is 1. The zero-order chi connectivity index (χ0) is 14.6. The van der Waals surface area contributed by atoms with E-state index in [-0.39, 0.29) is 18.4 Å². The van der Waals surface area contributed by atoms with Crippen molar-refractivity contribution >= 4 is 11.9 Å². The van der Waals surface area contributed by atoms with Gasteiger partial charge in [-0.2, -0.15) is 0 Å². The third-order valence-corrected chi connectivity index (χ3v) is 3.54. The summed E-state index contributed by atoms with van der Waals surface area (Å²) in [4.78, 5) is 25.8. The van der Waals surface area contributed by atoms with E-state index in [2.05, 4.69) is 0 Å².